The summed E-state index contributed by atoms with van der Waals surface area (Å²) in [6.07, 6.45) is 1.36. The zero-order valence-electron chi connectivity index (χ0n) is 9.86. The molecule has 0 atom stereocenters. The molecule has 0 saturated heterocycles. The van der Waals surface area contributed by atoms with Crippen molar-refractivity contribution in [1.29, 1.82) is 0 Å². The molecule has 4 nitrogen and oxygen atoms in total. The van der Waals surface area contributed by atoms with Gasteiger partial charge >= 0.3 is 0 Å². The van der Waals surface area contributed by atoms with Crippen LogP contribution in [-0.4, -0.2) is 10.9 Å². The van der Waals surface area contributed by atoms with Crippen molar-refractivity contribution in [3.63, 3.8) is 0 Å². The molecule has 0 unspecified atom stereocenters. The minimum absolute atomic E-state index is 0.295. The summed E-state index contributed by atoms with van der Waals surface area (Å²) in [6, 6.07) is 8.95. The number of benzene rings is 1. The van der Waals surface area contributed by atoms with Crippen molar-refractivity contribution >= 4 is 34.8 Å². The van der Waals surface area contributed by atoms with Gasteiger partial charge in [-0.1, -0.05) is 35.3 Å². The smallest absolute Gasteiger partial charge is 0.252 e. The number of aromatic nitrogens is 1. The van der Waals surface area contributed by atoms with Gasteiger partial charge in [0.05, 0.1) is 11.3 Å². The number of carbonyl (C=O) groups excluding carboxylic acids is 1. The Morgan fingerprint density at radius 3 is 2.58 bits per heavy atom. The molecular formula is C13H11Cl2N3O. The zero-order valence-corrected chi connectivity index (χ0v) is 11.4. The van der Waals surface area contributed by atoms with Crippen molar-refractivity contribution in [2.75, 3.05) is 5.32 Å². The number of carbonyl (C=O) groups is 1. The first kappa shape index (κ1) is 13.6. The number of nitrogens with two attached hydrogens (primary N) is 1. The Balaban J connectivity index is 2.16. The van der Waals surface area contributed by atoms with Gasteiger partial charge in [-0.15, -0.1) is 0 Å². The number of amides is 1. The Labute approximate surface area is 120 Å². The van der Waals surface area contributed by atoms with Crippen molar-refractivity contribution in [3.05, 3.63) is 57.8 Å². The molecule has 6 heteroatoms. The summed E-state index contributed by atoms with van der Waals surface area (Å²) in [5, 5.41) is 4.07. The predicted octanol–water partition coefficient (Wildman–Crippen LogP) is 3.10. The normalized spacial score (nSPS) is 10.2. The van der Waals surface area contributed by atoms with Gasteiger partial charge in [-0.2, -0.15) is 0 Å². The van der Waals surface area contributed by atoms with Crippen molar-refractivity contribution < 1.29 is 4.79 Å². The second-order valence-corrected chi connectivity index (χ2v) is 4.72. The molecule has 1 heterocycles. The molecule has 19 heavy (non-hydrogen) atoms. The highest BCUT2D eigenvalue weighted by Gasteiger charge is 2.09. The van der Waals surface area contributed by atoms with E-state index in [1.165, 1.54) is 6.20 Å². The molecule has 3 N–H and O–H groups in total. The van der Waals surface area contributed by atoms with Gasteiger partial charge < -0.3 is 11.1 Å². The Hall–Kier alpha value is -1.78. The number of nitrogens with zero attached hydrogens (tertiary/aromatic N) is 1. The summed E-state index contributed by atoms with van der Waals surface area (Å²) >= 11 is 11.6. The maximum atomic E-state index is 11.3. The second kappa shape index (κ2) is 5.91. The van der Waals surface area contributed by atoms with E-state index in [-0.39, 0.29) is 0 Å². The predicted molar refractivity (Wildman–Crippen MR) is 76.5 cm³/mol. The lowest BCUT2D eigenvalue weighted by atomic mass is 10.2. The van der Waals surface area contributed by atoms with Crippen LogP contribution in [0.3, 0.4) is 0 Å². The molecule has 2 aromatic rings. The summed E-state index contributed by atoms with van der Waals surface area (Å²) in [7, 11) is 0. The fourth-order valence-electron chi connectivity index (χ4n) is 1.57. The van der Waals surface area contributed by atoms with Crippen LogP contribution in [0.25, 0.3) is 0 Å². The molecule has 98 valence electrons. The molecule has 0 spiro atoms. The van der Waals surface area contributed by atoms with Crippen LogP contribution in [0.5, 0.6) is 0 Å². The fraction of sp³-hybridized carbons (Fsp3) is 0.0769. The second-order valence-electron chi connectivity index (χ2n) is 3.90. The number of hydrogen-bond donors (Lipinski definition) is 2. The first-order chi connectivity index (χ1) is 9.06. The lowest BCUT2D eigenvalue weighted by Crippen LogP contribution is -2.15. The van der Waals surface area contributed by atoms with E-state index in [2.05, 4.69) is 10.3 Å². The highest BCUT2D eigenvalue weighted by molar-refractivity contribution is 6.30. The minimum Gasteiger partial charge on any atom is -0.380 e. The van der Waals surface area contributed by atoms with Crippen molar-refractivity contribution in [2.24, 2.45) is 5.73 Å². The first-order valence-electron chi connectivity index (χ1n) is 5.50. The largest absolute Gasteiger partial charge is 0.380 e. The summed E-state index contributed by atoms with van der Waals surface area (Å²) in [5.41, 5.74) is 7.16. The molecule has 0 aliphatic carbocycles. The van der Waals surface area contributed by atoms with Crippen molar-refractivity contribution in [2.45, 2.75) is 6.54 Å². The van der Waals surface area contributed by atoms with E-state index in [1.807, 2.05) is 12.1 Å². The molecule has 0 aliphatic rings. The van der Waals surface area contributed by atoms with Gasteiger partial charge in [0.1, 0.15) is 5.15 Å². The molecular weight excluding hydrogens is 285 g/mol. The van der Waals surface area contributed by atoms with Gasteiger partial charge in [-0.3, -0.25) is 4.79 Å². The molecule has 0 bridgehead atoms. The molecule has 1 aromatic carbocycles. The molecule has 0 saturated carbocycles. The quantitative estimate of drug-likeness (QED) is 0.852. The zero-order chi connectivity index (χ0) is 13.8. The number of nitrogens with one attached hydrogen (secondary N) is 1. The summed E-state index contributed by atoms with van der Waals surface area (Å²) < 4.78 is 0. The Morgan fingerprint density at radius 2 is 1.95 bits per heavy atom. The third-order valence-electron chi connectivity index (χ3n) is 2.53. The van der Waals surface area contributed by atoms with E-state index in [4.69, 9.17) is 28.9 Å². The summed E-state index contributed by atoms with van der Waals surface area (Å²) in [5.74, 6) is -0.553. The van der Waals surface area contributed by atoms with Gasteiger partial charge in [-0.05, 0) is 23.8 Å². The van der Waals surface area contributed by atoms with E-state index in [9.17, 15) is 4.79 Å². The molecule has 2 rings (SSSR count). The van der Waals surface area contributed by atoms with Gasteiger partial charge in [0.15, 0.2) is 0 Å². The minimum atomic E-state index is -0.553. The maximum absolute atomic E-state index is 11.3. The van der Waals surface area contributed by atoms with Crippen molar-refractivity contribution in [1.82, 2.24) is 4.98 Å². The van der Waals surface area contributed by atoms with Gasteiger partial charge in [0.25, 0.3) is 5.91 Å². The molecule has 1 amide bonds. The van der Waals surface area contributed by atoms with E-state index >= 15 is 0 Å². The third-order valence-corrected chi connectivity index (χ3v) is 2.99. The number of primary amides is 1. The number of halogens is 2. The average Bonchev–Trinajstić information content (AvgIpc) is 2.38. The molecule has 0 aliphatic heterocycles. The lowest BCUT2D eigenvalue weighted by Gasteiger charge is -2.10. The maximum Gasteiger partial charge on any atom is 0.252 e. The third kappa shape index (κ3) is 3.59. The number of pyridine rings is 1. The van der Waals surface area contributed by atoms with Crippen LogP contribution in [0, 0.1) is 0 Å². The SMILES string of the molecule is NC(=O)c1cnc(Cl)cc1NCc1ccc(Cl)cc1. The topological polar surface area (TPSA) is 68.0 Å². The van der Waals surface area contributed by atoms with E-state index in [0.29, 0.717) is 28.0 Å². The van der Waals surface area contributed by atoms with Crippen molar-refractivity contribution in [3.8, 4) is 0 Å². The molecule has 0 fully saturated rings. The molecule has 1 aromatic heterocycles. The van der Waals surface area contributed by atoms with Gasteiger partial charge in [-0.25, -0.2) is 4.98 Å². The van der Waals surface area contributed by atoms with Crippen LogP contribution in [0.4, 0.5) is 5.69 Å². The van der Waals surface area contributed by atoms with Crippen LogP contribution >= 0.6 is 23.2 Å². The van der Waals surface area contributed by atoms with E-state index < -0.39 is 5.91 Å². The number of anilines is 1. The first-order valence-corrected chi connectivity index (χ1v) is 6.25. The van der Waals surface area contributed by atoms with E-state index in [0.717, 1.165) is 5.56 Å². The van der Waals surface area contributed by atoms with Crippen LogP contribution in [-0.2, 0) is 6.54 Å². The number of rotatable bonds is 4. The average molecular weight is 296 g/mol. The Morgan fingerprint density at radius 1 is 1.26 bits per heavy atom. The lowest BCUT2D eigenvalue weighted by molar-refractivity contribution is 0.100. The van der Waals surface area contributed by atoms with Crippen LogP contribution in [0.1, 0.15) is 15.9 Å². The fourth-order valence-corrected chi connectivity index (χ4v) is 1.86. The van der Waals surface area contributed by atoms with Gasteiger partial charge in [0, 0.05) is 17.8 Å². The van der Waals surface area contributed by atoms with Crippen LogP contribution < -0.4 is 11.1 Å². The highest BCUT2D eigenvalue weighted by atomic mass is 35.5. The standard InChI is InChI=1S/C13H11Cl2N3O/c14-9-3-1-8(2-4-9)6-17-11-5-12(15)18-7-10(11)13(16)19/h1-5,7H,6H2,(H2,16,19)(H,17,18). The van der Waals surface area contributed by atoms with Gasteiger partial charge in [0.2, 0.25) is 0 Å². The van der Waals surface area contributed by atoms with Crippen LogP contribution in [0.2, 0.25) is 10.2 Å². The Kier molecular flexibility index (Phi) is 4.24. The highest BCUT2D eigenvalue weighted by Crippen LogP contribution is 2.19. The monoisotopic (exact) mass is 295 g/mol. The summed E-state index contributed by atoms with van der Waals surface area (Å²) in [6.45, 7) is 0.526. The molecule has 0 radical (unpaired) electrons. The summed E-state index contributed by atoms with van der Waals surface area (Å²) in [4.78, 5) is 15.1. The van der Waals surface area contributed by atoms with Crippen LogP contribution in [0.15, 0.2) is 36.5 Å². The van der Waals surface area contributed by atoms with E-state index in [1.54, 1.807) is 18.2 Å². The number of hydrogen-bond acceptors (Lipinski definition) is 3. The Bertz CT molecular complexity index is 599.